The summed E-state index contributed by atoms with van der Waals surface area (Å²) >= 11 is 6.10. The number of amides is 2. The van der Waals surface area contributed by atoms with E-state index in [-0.39, 0.29) is 17.5 Å². The van der Waals surface area contributed by atoms with Crippen LogP contribution >= 0.6 is 11.6 Å². The van der Waals surface area contributed by atoms with Crippen molar-refractivity contribution in [1.82, 2.24) is 20.0 Å². The van der Waals surface area contributed by atoms with E-state index in [2.05, 4.69) is 20.6 Å². The fraction of sp³-hybridized carbons (Fsp3) is 0.333. The smallest absolute Gasteiger partial charge is 0.320 e. The van der Waals surface area contributed by atoms with Crippen molar-refractivity contribution in [1.29, 1.82) is 0 Å². The van der Waals surface area contributed by atoms with Gasteiger partial charge in [-0.3, -0.25) is 20.1 Å². The molecule has 0 bridgehead atoms. The molecule has 1 saturated heterocycles. The minimum atomic E-state index is -0.460. The highest BCUT2D eigenvalue weighted by molar-refractivity contribution is 6.30. The van der Waals surface area contributed by atoms with E-state index in [1.165, 1.54) is 12.1 Å². The summed E-state index contributed by atoms with van der Waals surface area (Å²) < 4.78 is 20.8. The number of anilines is 1. The lowest BCUT2D eigenvalue weighted by Gasteiger charge is -2.21. The Hall–Kier alpha value is -3.14. The molecule has 8 nitrogen and oxygen atoms in total. The second kappa shape index (κ2) is 10.4. The maximum Gasteiger partial charge on any atom is 0.320 e. The second-order valence-electron chi connectivity index (χ2n) is 8.35. The highest BCUT2D eigenvalue weighted by Crippen LogP contribution is 2.30. The molecule has 2 atom stereocenters. The maximum absolute atomic E-state index is 14.1. The Bertz CT molecular complexity index is 1190. The molecule has 0 spiro atoms. The van der Waals surface area contributed by atoms with E-state index in [0.29, 0.717) is 53.9 Å². The standard InChI is InChI=1S/C24H27ClFN5O3/c1-15-22(31(29-23(15)32)19-6-4-3-5-7-19)28-24(33)27-21-14-30(8-9-34-2)13-20(21)16-10-17(25)12-18(26)11-16/h3-7,10-12,20-21H,8-9,13-14H2,1-2H3,(H,29,32)(H2,27,28,33)/t20-,21?/m0/s1. The van der Waals surface area contributed by atoms with E-state index in [1.807, 2.05) is 30.3 Å². The van der Waals surface area contributed by atoms with Gasteiger partial charge < -0.3 is 10.1 Å². The van der Waals surface area contributed by atoms with E-state index in [0.717, 1.165) is 0 Å². The van der Waals surface area contributed by atoms with Crippen molar-refractivity contribution >= 4 is 23.4 Å². The Balaban J connectivity index is 1.56. The van der Waals surface area contributed by atoms with E-state index in [1.54, 1.807) is 24.8 Å². The van der Waals surface area contributed by atoms with Crippen LogP contribution in [0.1, 0.15) is 17.0 Å². The number of ether oxygens (including phenoxy) is 1. The van der Waals surface area contributed by atoms with Gasteiger partial charge in [0, 0.05) is 37.7 Å². The van der Waals surface area contributed by atoms with Crippen LogP contribution in [0.15, 0.2) is 53.3 Å². The molecule has 2 heterocycles. The first-order valence-electron chi connectivity index (χ1n) is 11.0. The number of nitrogens with one attached hydrogen (secondary N) is 3. The lowest BCUT2D eigenvalue weighted by molar-refractivity contribution is 0.159. The lowest BCUT2D eigenvalue weighted by atomic mass is 9.94. The highest BCUT2D eigenvalue weighted by Gasteiger charge is 2.35. The van der Waals surface area contributed by atoms with Crippen LogP contribution in [-0.4, -0.2) is 60.1 Å². The summed E-state index contributed by atoms with van der Waals surface area (Å²) in [6.07, 6.45) is 0. The van der Waals surface area contributed by atoms with Crippen molar-refractivity contribution < 1.29 is 13.9 Å². The number of nitrogens with zero attached hydrogens (tertiary/aromatic N) is 2. The molecule has 2 amide bonds. The summed E-state index contributed by atoms with van der Waals surface area (Å²) in [6.45, 7) is 4.05. The molecule has 1 fully saturated rings. The minimum Gasteiger partial charge on any atom is -0.383 e. The number of aromatic amines is 1. The van der Waals surface area contributed by atoms with Crippen molar-refractivity contribution in [2.24, 2.45) is 0 Å². The summed E-state index contributed by atoms with van der Waals surface area (Å²) in [5, 5.41) is 8.88. The summed E-state index contributed by atoms with van der Waals surface area (Å²) in [5.41, 5.74) is 1.52. The first kappa shape index (κ1) is 24.0. The monoisotopic (exact) mass is 487 g/mol. The first-order chi connectivity index (χ1) is 16.4. The van der Waals surface area contributed by atoms with E-state index in [4.69, 9.17) is 16.3 Å². The van der Waals surface area contributed by atoms with E-state index < -0.39 is 11.8 Å². The van der Waals surface area contributed by atoms with Crippen LogP contribution in [-0.2, 0) is 4.74 Å². The molecule has 1 aliphatic heterocycles. The van der Waals surface area contributed by atoms with E-state index in [9.17, 15) is 14.0 Å². The SMILES string of the molecule is COCCN1CC(NC(=O)Nc2c(C)c(=O)[nH]n2-c2ccccc2)[C@H](c2cc(F)cc(Cl)c2)C1. The molecule has 2 aromatic carbocycles. The zero-order valence-electron chi connectivity index (χ0n) is 19.0. The van der Waals surface area contributed by atoms with Crippen LogP contribution < -0.4 is 16.2 Å². The number of rotatable bonds is 7. The number of urea groups is 1. The van der Waals surface area contributed by atoms with Gasteiger partial charge >= 0.3 is 6.03 Å². The van der Waals surface area contributed by atoms with Gasteiger partial charge in [-0.25, -0.2) is 13.9 Å². The molecule has 4 rings (SSSR count). The summed E-state index contributed by atoms with van der Waals surface area (Å²) in [7, 11) is 1.63. The molecule has 3 N–H and O–H groups in total. The van der Waals surface area contributed by atoms with Gasteiger partial charge in [-0.05, 0) is 42.8 Å². The van der Waals surface area contributed by atoms with Crippen molar-refractivity contribution in [3.8, 4) is 5.69 Å². The summed E-state index contributed by atoms with van der Waals surface area (Å²) in [5.74, 6) is -0.233. The Labute approximate surface area is 201 Å². The van der Waals surface area contributed by atoms with Gasteiger partial charge in [-0.1, -0.05) is 29.8 Å². The maximum atomic E-state index is 14.1. The van der Waals surface area contributed by atoms with Gasteiger partial charge in [-0.15, -0.1) is 0 Å². The van der Waals surface area contributed by atoms with Gasteiger partial charge in [0.2, 0.25) is 0 Å². The number of halogens is 2. The molecular formula is C24H27ClFN5O3. The number of benzene rings is 2. The Morgan fingerprint density at radius 3 is 2.71 bits per heavy atom. The topological polar surface area (TPSA) is 91.4 Å². The minimum absolute atomic E-state index is 0.167. The predicted molar refractivity (Wildman–Crippen MR) is 130 cm³/mol. The first-order valence-corrected chi connectivity index (χ1v) is 11.4. The molecule has 1 aliphatic rings. The number of hydrogen-bond donors (Lipinski definition) is 3. The Kier molecular flexibility index (Phi) is 7.35. The van der Waals surface area contributed by atoms with Crippen LogP contribution in [0.2, 0.25) is 5.02 Å². The van der Waals surface area contributed by atoms with Crippen LogP contribution in [0, 0.1) is 12.7 Å². The average molecular weight is 488 g/mol. The number of methoxy groups -OCH3 is 1. The zero-order chi connectivity index (χ0) is 24.2. The third kappa shape index (κ3) is 5.32. The van der Waals surface area contributed by atoms with Gasteiger partial charge in [0.05, 0.1) is 23.9 Å². The Morgan fingerprint density at radius 1 is 1.24 bits per heavy atom. The van der Waals surface area contributed by atoms with Crippen LogP contribution in [0.3, 0.4) is 0 Å². The van der Waals surface area contributed by atoms with Crippen LogP contribution in [0.4, 0.5) is 15.0 Å². The zero-order valence-corrected chi connectivity index (χ0v) is 19.7. The van der Waals surface area contributed by atoms with Crippen LogP contribution in [0.25, 0.3) is 5.69 Å². The molecule has 0 saturated carbocycles. The molecule has 1 unspecified atom stereocenters. The Morgan fingerprint density at radius 2 is 2.00 bits per heavy atom. The third-order valence-electron chi connectivity index (χ3n) is 6.02. The fourth-order valence-electron chi connectivity index (χ4n) is 4.31. The lowest BCUT2D eigenvalue weighted by Crippen LogP contribution is -2.42. The largest absolute Gasteiger partial charge is 0.383 e. The molecule has 0 aliphatic carbocycles. The van der Waals surface area contributed by atoms with Crippen molar-refractivity contribution in [3.63, 3.8) is 0 Å². The molecule has 180 valence electrons. The molecular weight excluding hydrogens is 461 g/mol. The molecule has 34 heavy (non-hydrogen) atoms. The fourth-order valence-corrected chi connectivity index (χ4v) is 4.54. The van der Waals surface area contributed by atoms with Gasteiger partial charge in [0.25, 0.3) is 5.56 Å². The molecule has 0 radical (unpaired) electrons. The summed E-state index contributed by atoms with van der Waals surface area (Å²) in [4.78, 5) is 27.5. The quantitative estimate of drug-likeness (QED) is 0.475. The van der Waals surface area contributed by atoms with Gasteiger partial charge in [0.1, 0.15) is 11.6 Å². The average Bonchev–Trinajstić information content (AvgIpc) is 3.33. The molecule has 1 aromatic heterocycles. The number of carbonyl (C=O) groups excluding carboxylic acids is 1. The highest BCUT2D eigenvalue weighted by atomic mass is 35.5. The predicted octanol–water partition coefficient (Wildman–Crippen LogP) is 3.50. The van der Waals surface area contributed by atoms with Crippen LogP contribution in [0.5, 0.6) is 0 Å². The summed E-state index contributed by atoms with van der Waals surface area (Å²) in [6, 6.07) is 12.9. The number of carbonyl (C=O) groups is 1. The van der Waals surface area contributed by atoms with Crippen molar-refractivity contribution in [2.45, 2.75) is 18.9 Å². The number of H-pyrrole nitrogens is 1. The number of para-hydroxylation sites is 1. The number of likely N-dealkylation sites (tertiary alicyclic amines) is 1. The second-order valence-corrected chi connectivity index (χ2v) is 8.79. The van der Waals surface area contributed by atoms with E-state index >= 15 is 0 Å². The van der Waals surface area contributed by atoms with Gasteiger partial charge in [-0.2, -0.15) is 0 Å². The molecule has 3 aromatic rings. The van der Waals surface area contributed by atoms with Gasteiger partial charge in [0.15, 0.2) is 0 Å². The van der Waals surface area contributed by atoms with Crippen molar-refractivity contribution in [2.75, 3.05) is 38.7 Å². The third-order valence-corrected chi connectivity index (χ3v) is 6.23. The molecule has 10 heteroatoms. The van der Waals surface area contributed by atoms with Crippen molar-refractivity contribution in [3.05, 3.63) is 80.9 Å². The normalized spacial score (nSPS) is 18.2. The number of aromatic nitrogens is 2. The number of hydrogen-bond acceptors (Lipinski definition) is 4.